The van der Waals surface area contributed by atoms with Gasteiger partial charge in [-0.3, -0.25) is 5.41 Å². The zero-order valence-corrected chi connectivity index (χ0v) is 20.0. The number of likely N-dealkylation sites (tertiary alicyclic amines) is 1. The van der Waals surface area contributed by atoms with E-state index in [1.807, 2.05) is 0 Å². The van der Waals surface area contributed by atoms with E-state index >= 15 is 0 Å². The van der Waals surface area contributed by atoms with Crippen LogP contribution >= 0.6 is 0 Å². The maximum absolute atomic E-state index is 13.8. The van der Waals surface area contributed by atoms with Gasteiger partial charge in [0.1, 0.15) is 0 Å². The summed E-state index contributed by atoms with van der Waals surface area (Å²) >= 11 is 0. The molecule has 1 aliphatic heterocycles. The Morgan fingerprint density at radius 3 is 2.50 bits per heavy atom. The lowest BCUT2D eigenvalue weighted by Crippen LogP contribution is -2.34. The Hall–Kier alpha value is -2.58. The Bertz CT molecular complexity index is 928. The lowest BCUT2D eigenvalue weighted by molar-refractivity contribution is -0.138. The summed E-state index contributed by atoms with van der Waals surface area (Å²) in [7, 11) is 0. The van der Waals surface area contributed by atoms with Crippen LogP contribution < -0.4 is 5.73 Å². The van der Waals surface area contributed by atoms with Crippen molar-refractivity contribution in [2.24, 2.45) is 11.7 Å². The maximum atomic E-state index is 13.8. The Balaban J connectivity index is 1.59. The highest BCUT2D eigenvalue weighted by Gasteiger charge is 2.34. The molecule has 3 N–H and O–H groups in total. The van der Waals surface area contributed by atoms with E-state index in [4.69, 9.17) is 15.7 Å². The molecule has 1 aliphatic rings. The fourth-order valence-corrected chi connectivity index (χ4v) is 4.57. The maximum Gasteiger partial charge on any atom is 0.416 e. The number of unbranched alkanes of at least 4 members (excludes halogenated alkanes) is 7. The van der Waals surface area contributed by atoms with Crippen LogP contribution in [-0.2, 0) is 19.0 Å². The number of guanidine groups is 1. The van der Waals surface area contributed by atoms with Crippen molar-refractivity contribution >= 4 is 5.96 Å². The molecule has 0 radical (unpaired) electrons. The van der Waals surface area contributed by atoms with E-state index in [9.17, 15) is 13.2 Å². The van der Waals surface area contributed by atoms with Gasteiger partial charge in [0.25, 0.3) is 0 Å². The highest BCUT2D eigenvalue weighted by molar-refractivity contribution is 5.74. The first-order valence-corrected chi connectivity index (χ1v) is 12.4. The smallest absolute Gasteiger partial charge is 0.370 e. The van der Waals surface area contributed by atoms with Crippen molar-refractivity contribution in [2.45, 2.75) is 83.7 Å². The second-order valence-corrected chi connectivity index (χ2v) is 9.30. The minimum Gasteiger partial charge on any atom is -0.370 e. The summed E-state index contributed by atoms with van der Waals surface area (Å²) in [5.74, 6) is 0.819. The van der Waals surface area contributed by atoms with E-state index in [0.717, 1.165) is 38.2 Å². The monoisotopic (exact) mass is 479 g/mol. The average molecular weight is 480 g/mol. The predicted octanol–water partition coefficient (Wildman–Crippen LogP) is 6.20. The van der Waals surface area contributed by atoms with Crippen LogP contribution in [-0.4, -0.2) is 34.1 Å². The summed E-state index contributed by atoms with van der Waals surface area (Å²) in [6, 6.07) is 4.34. The van der Waals surface area contributed by atoms with Crippen molar-refractivity contribution in [3.05, 3.63) is 35.2 Å². The van der Waals surface area contributed by atoms with Crippen molar-refractivity contribution < 1.29 is 17.7 Å². The SMILES string of the molecule is CCCCCCCCCCc1ccc(-c2noc(C[C@@H]3CCN(C(=N)N)C3)n2)cc1C(F)(F)F. The number of nitrogens with two attached hydrogens (primary N) is 1. The largest absolute Gasteiger partial charge is 0.416 e. The number of nitrogens with zero attached hydrogens (tertiary/aromatic N) is 3. The number of hydrogen-bond acceptors (Lipinski definition) is 4. The summed E-state index contributed by atoms with van der Waals surface area (Å²) in [6.07, 6.45) is 6.17. The van der Waals surface area contributed by atoms with E-state index < -0.39 is 11.7 Å². The van der Waals surface area contributed by atoms with Gasteiger partial charge >= 0.3 is 6.18 Å². The Kier molecular flexibility index (Phi) is 9.36. The van der Waals surface area contributed by atoms with Gasteiger partial charge in [0.05, 0.1) is 5.56 Å². The molecule has 1 fully saturated rings. The zero-order chi connectivity index (χ0) is 24.6. The van der Waals surface area contributed by atoms with Crippen LogP contribution in [0.15, 0.2) is 22.7 Å². The topological polar surface area (TPSA) is 92.0 Å². The average Bonchev–Trinajstić information content (AvgIpc) is 3.45. The van der Waals surface area contributed by atoms with Crippen LogP contribution in [0, 0.1) is 11.3 Å². The Labute approximate surface area is 199 Å². The van der Waals surface area contributed by atoms with Gasteiger partial charge in [-0.25, -0.2) is 0 Å². The molecule has 6 nitrogen and oxygen atoms in total. The van der Waals surface area contributed by atoms with Crippen LogP contribution in [0.5, 0.6) is 0 Å². The van der Waals surface area contributed by atoms with Gasteiger partial charge in [-0.15, -0.1) is 0 Å². The van der Waals surface area contributed by atoms with E-state index in [1.54, 1.807) is 17.0 Å². The summed E-state index contributed by atoms with van der Waals surface area (Å²) in [5.41, 5.74) is 5.54. The highest BCUT2D eigenvalue weighted by Crippen LogP contribution is 2.35. The van der Waals surface area contributed by atoms with Crippen LogP contribution in [0.25, 0.3) is 11.4 Å². The fraction of sp³-hybridized carbons (Fsp3) is 0.640. The molecule has 2 aromatic rings. The van der Waals surface area contributed by atoms with Crippen LogP contribution in [0.1, 0.15) is 81.7 Å². The van der Waals surface area contributed by atoms with Gasteiger partial charge < -0.3 is 15.2 Å². The summed E-state index contributed by atoms with van der Waals surface area (Å²) < 4.78 is 46.6. The molecule has 0 unspecified atom stereocenters. The number of aryl methyl sites for hydroxylation is 1. The third kappa shape index (κ3) is 7.46. The van der Waals surface area contributed by atoms with Crippen molar-refractivity contribution in [3.8, 4) is 11.4 Å². The molecule has 1 saturated heterocycles. The molecule has 2 heterocycles. The number of alkyl halides is 3. The van der Waals surface area contributed by atoms with Gasteiger partial charge in [-0.05, 0) is 36.8 Å². The van der Waals surface area contributed by atoms with E-state index in [1.165, 1.54) is 25.7 Å². The van der Waals surface area contributed by atoms with Crippen LogP contribution in [0.4, 0.5) is 13.2 Å². The first-order valence-electron chi connectivity index (χ1n) is 12.4. The molecule has 0 amide bonds. The summed E-state index contributed by atoms with van der Waals surface area (Å²) in [4.78, 5) is 6.12. The highest BCUT2D eigenvalue weighted by atomic mass is 19.4. The standard InChI is InChI=1S/C25H36F3N5O/c1-2-3-4-5-6-7-8-9-10-19-11-12-20(16-21(19)25(26,27)28)23-31-22(34-32-23)15-18-13-14-33(17-18)24(29)30/h11-12,16,18H,2-10,13-15,17H2,1H3,(H3,29,30)/t18-/m0/s1. The molecular weight excluding hydrogens is 443 g/mol. The number of nitrogens with one attached hydrogen (secondary N) is 1. The lowest BCUT2D eigenvalue weighted by atomic mass is 9.97. The van der Waals surface area contributed by atoms with E-state index in [2.05, 4.69) is 17.1 Å². The van der Waals surface area contributed by atoms with Crippen molar-refractivity contribution in [3.63, 3.8) is 0 Å². The van der Waals surface area contributed by atoms with Crippen molar-refractivity contribution in [1.82, 2.24) is 15.0 Å². The predicted molar refractivity (Wildman–Crippen MR) is 126 cm³/mol. The van der Waals surface area contributed by atoms with Crippen molar-refractivity contribution in [2.75, 3.05) is 13.1 Å². The molecule has 34 heavy (non-hydrogen) atoms. The molecule has 0 spiro atoms. The molecule has 0 saturated carbocycles. The molecule has 0 bridgehead atoms. The van der Waals surface area contributed by atoms with Gasteiger partial charge in [0.2, 0.25) is 11.7 Å². The van der Waals surface area contributed by atoms with Gasteiger partial charge in [-0.2, -0.15) is 18.2 Å². The minimum atomic E-state index is -4.43. The van der Waals surface area contributed by atoms with Gasteiger partial charge in [-0.1, -0.05) is 69.2 Å². The molecule has 1 aromatic heterocycles. The zero-order valence-electron chi connectivity index (χ0n) is 20.0. The Morgan fingerprint density at radius 1 is 1.15 bits per heavy atom. The fourth-order valence-electron chi connectivity index (χ4n) is 4.57. The first-order chi connectivity index (χ1) is 16.3. The summed E-state index contributed by atoms with van der Waals surface area (Å²) in [6.45, 7) is 3.52. The molecule has 9 heteroatoms. The number of aromatic nitrogens is 2. The molecular formula is C25H36F3N5O. The molecule has 1 aromatic carbocycles. The molecule has 1 atom stereocenters. The van der Waals surface area contributed by atoms with Crippen LogP contribution in [0.2, 0.25) is 0 Å². The number of halogens is 3. The van der Waals surface area contributed by atoms with E-state index in [-0.39, 0.29) is 17.7 Å². The van der Waals surface area contributed by atoms with Gasteiger partial charge in [0.15, 0.2) is 5.96 Å². The number of rotatable bonds is 12. The normalized spacial score (nSPS) is 16.4. The van der Waals surface area contributed by atoms with E-state index in [0.29, 0.717) is 42.9 Å². The molecule has 188 valence electrons. The first kappa shape index (κ1) is 26.0. The second-order valence-electron chi connectivity index (χ2n) is 9.30. The van der Waals surface area contributed by atoms with Crippen LogP contribution in [0.3, 0.4) is 0 Å². The third-order valence-corrected chi connectivity index (χ3v) is 6.53. The number of hydrogen-bond donors (Lipinski definition) is 2. The molecule has 3 rings (SSSR count). The number of benzene rings is 1. The van der Waals surface area contributed by atoms with Gasteiger partial charge in [0, 0.05) is 25.1 Å². The van der Waals surface area contributed by atoms with Crippen molar-refractivity contribution in [1.29, 1.82) is 5.41 Å². The second kappa shape index (κ2) is 12.2. The Morgan fingerprint density at radius 2 is 1.85 bits per heavy atom. The summed E-state index contributed by atoms with van der Waals surface area (Å²) in [5, 5.41) is 11.4. The third-order valence-electron chi connectivity index (χ3n) is 6.53. The minimum absolute atomic E-state index is 0.0421. The molecule has 0 aliphatic carbocycles. The quantitative estimate of drug-likeness (QED) is 0.215. The lowest BCUT2D eigenvalue weighted by Gasteiger charge is -2.14.